The van der Waals surface area contributed by atoms with Gasteiger partial charge in [0.1, 0.15) is 18.2 Å². The van der Waals surface area contributed by atoms with Crippen molar-refractivity contribution >= 4 is 40.5 Å². The lowest BCUT2D eigenvalue weighted by molar-refractivity contribution is -0.146. The number of carbonyl (C=O) groups excluding carboxylic acids is 3. The quantitative estimate of drug-likeness (QED) is 0.210. The molecule has 11 heteroatoms. The van der Waals surface area contributed by atoms with Crippen molar-refractivity contribution in [1.82, 2.24) is 29.7 Å². The van der Waals surface area contributed by atoms with Crippen LogP contribution in [0.4, 0.5) is 0 Å². The van der Waals surface area contributed by atoms with E-state index in [1.807, 2.05) is 54.6 Å². The molecule has 10 nitrogen and oxygen atoms in total. The summed E-state index contributed by atoms with van der Waals surface area (Å²) in [6, 6.07) is 16.7. The molecule has 3 saturated heterocycles. The first kappa shape index (κ1) is 32.0. The number of carbonyl (C=O) groups is 3. The highest BCUT2D eigenvalue weighted by Crippen LogP contribution is 2.71. The molecule has 1 spiro atoms. The van der Waals surface area contributed by atoms with Crippen molar-refractivity contribution in [2.24, 2.45) is 11.8 Å². The van der Waals surface area contributed by atoms with Crippen LogP contribution in [-0.2, 0) is 27.6 Å². The van der Waals surface area contributed by atoms with Crippen LogP contribution in [0.1, 0.15) is 38.2 Å². The smallest absolute Gasteiger partial charge is 0.248 e. The summed E-state index contributed by atoms with van der Waals surface area (Å²) in [5, 5.41) is 18.1. The maximum atomic E-state index is 14.8. The molecular weight excluding hydrogens is 600 g/mol. The Balaban J connectivity index is 1.36. The third-order valence-electron chi connectivity index (χ3n) is 9.85. The fourth-order valence-corrected chi connectivity index (χ4v) is 10.2. The largest absolute Gasteiger partial charge is 0.396 e. The Morgan fingerprint density at radius 3 is 2.48 bits per heavy atom. The molecule has 242 valence electrons. The molecule has 5 atom stereocenters. The van der Waals surface area contributed by atoms with E-state index in [1.54, 1.807) is 43.3 Å². The maximum absolute atomic E-state index is 14.8. The number of benzene rings is 2. The van der Waals surface area contributed by atoms with Gasteiger partial charge in [0.05, 0.1) is 22.1 Å². The molecule has 3 aromatic rings. The second-order valence-corrected chi connectivity index (χ2v) is 14.6. The van der Waals surface area contributed by atoms with E-state index in [4.69, 9.17) is 0 Å². The normalized spacial score (nSPS) is 26.3. The molecule has 46 heavy (non-hydrogen) atoms. The molecule has 0 radical (unpaired) electrons. The van der Waals surface area contributed by atoms with Gasteiger partial charge in [-0.2, -0.15) is 0 Å². The van der Waals surface area contributed by atoms with Crippen LogP contribution in [0.5, 0.6) is 0 Å². The summed E-state index contributed by atoms with van der Waals surface area (Å²) in [5.41, 5.74) is 2.54. The monoisotopic (exact) mass is 642 g/mol. The summed E-state index contributed by atoms with van der Waals surface area (Å²) in [5.74, 6) is -1.61. The lowest BCUT2D eigenvalue weighted by Crippen LogP contribution is -2.55. The maximum Gasteiger partial charge on any atom is 0.248 e. The molecule has 0 aliphatic carbocycles. The SMILES string of the molecule is C=CCN(Cn1nnc2ccccc21)C(=O)C1N(CCCCO)C(=O)[C@@H]2[C@H](C(=O)N(CC=C)Cc3ccccc3)[C@]3(C)CCC12S3. The molecule has 3 aliphatic heterocycles. The summed E-state index contributed by atoms with van der Waals surface area (Å²) in [7, 11) is 0. The lowest BCUT2D eigenvalue weighted by Gasteiger charge is -2.38. The predicted octanol–water partition coefficient (Wildman–Crippen LogP) is 3.87. The van der Waals surface area contributed by atoms with Crippen LogP contribution in [-0.4, -0.2) is 94.3 Å². The molecular formula is C35H42N6O4S. The number of para-hydroxylation sites is 1. The lowest BCUT2D eigenvalue weighted by atomic mass is 9.66. The number of amides is 3. The van der Waals surface area contributed by atoms with E-state index in [0.717, 1.165) is 23.0 Å². The molecule has 1 aromatic heterocycles. The zero-order chi connectivity index (χ0) is 32.5. The Bertz CT molecular complexity index is 1630. The number of unbranched alkanes of at least 4 members (excludes halogenated alkanes) is 1. The number of fused-ring (bicyclic) bond motifs is 2. The molecule has 3 aliphatic rings. The van der Waals surface area contributed by atoms with Gasteiger partial charge in [-0.25, -0.2) is 4.68 Å². The van der Waals surface area contributed by atoms with E-state index in [9.17, 15) is 19.5 Å². The average molecular weight is 643 g/mol. The van der Waals surface area contributed by atoms with Crippen molar-refractivity contribution < 1.29 is 19.5 Å². The van der Waals surface area contributed by atoms with Gasteiger partial charge in [-0.15, -0.1) is 30.0 Å². The van der Waals surface area contributed by atoms with E-state index >= 15 is 0 Å². The highest BCUT2D eigenvalue weighted by atomic mass is 32.2. The van der Waals surface area contributed by atoms with Crippen molar-refractivity contribution in [3.8, 4) is 0 Å². The molecule has 3 amide bonds. The molecule has 2 unspecified atom stereocenters. The third-order valence-corrected chi connectivity index (χ3v) is 11.8. The van der Waals surface area contributed by atoms with Crippen molar-refractivity contribution in [2.45, 2.75) is 61.4 Å². The van der Waals surface area contributed by atoms with Crippen LogP contribution in [0.3, 0.4) is 0 Å². The van der Waals surface area contributed by atoms with Crippen molar-refractivity contribution in [1.29, 1.82) is 0 Å². The van der Waals surface area contributed by atoms with Gasteiger partial charge in [0.15, 0.2) is 0 Å². The molecule has 0 saturated carbocycles. The van der Waals surface area contributed by atoms with E-state index < -0.39 is 27.4 Å². The van der Waals surface area contributed by atoms with Crippen LogP contribution < -0.4 is 0 Å². The van der Waals surface area contributed by atoms with Crippen molar-refractivity contribution in [3.05, 3.63) is 85.5 Å². The highest BCUT2D eigenvalue weighted by Gasteiger charge is 2.77. The van der Waals surface area contributed by atoms with E-state index in [1.165, 1.54) is 0 Å². The van der Waals surface area contributed by atoms with Crippen molar-refractivity contribution in [3.63, 3.8) is 0 Å². The fraction of sp³-hybridized carbons (Fsp3) is 0.457. The van der Waals surface area contributed by atoms with Crippen LogP contribution in [0.15, 0.2) is 79.9 Å². The van der Waals surface area contributed by atoms with Crippen molar-refractivity contribution in [2.75, 3.05) is 26.2 Å². The van der Waals surface area contributed by atoms with Crippen LogP contribution in [0.2, 0.25) is 0 Å². The van der Waals surface area contributed by atoms with Gasteiger partial charge in [0.25, 0.3) is 0 Å². The molecule has 1 N–H and O–H groups in total. The van der Waals surface area contributed by atoms with E-state index in [0.29, 0.717) is 38.9 Å². The first-order valence-electron chi connectivity index (χ1n) is 16.0. The Morgan fingerprint density at radius 1 is 1.02 bits per heavy atom. The molecule has 3 fully saturated rings. The Kier molecular flexibility index (Phi) is 9.07. The minimum absolute atomic E-state index is 0.00110. The number of likely N-dealkylation sites (tertiary alicyclic amines) is 1. The number of aliphatic hydroxyl groups excluding tert-OH is 1. The second kappa shape index (κ2) is 13.0. The number of nitrogens with zero attached hydrogens (tertiary/aromatic N) is 6. The van der Waals surface area contributed by atoms with Crippen LogP contribution >= 0.6 is 11.8 Å². The number of aliphatic hydroxyl groups is 1. The topological polar surface area (TPSA) is 112 Å². The molecule has 4 heterocycles. The summed E-state index contributed by atoms with van der Waals surface area (Å²) < 4.78 is 0.454. The van der Waals surface area contributed by atoms with Crippen LogP contribution in [0, 0.1) is 11.8 Å². The minimum Gasteiger partial charge on any atom is -0.396 e. The Morgan fingerprint density at radius 2 is 1.74 bits per heavy atom. The van der Waals surface area contributed by atoms with Gasteiger partial charge in [0.2, 0.25) is 17.7 Å². The number of hydrogen-bond acceptors (Lipinski definition) is 7. The molecule has 2 bridgehead atoms. The zero-order valence-corrected chi connectivity index (χ0v) is 27.1. The fourth-order valence-electron chi connectivity index (χ4n) is 7.83. The van der Waals surface area contributed by atoms with Gasteiger partial charge in [-0.3, -0.25) is 14.4 Å². The molecule has 6 rings (SSSR count). The standard InChI is InChI=1S/C35H42N6O4S/c1-4-19-38(23-25-13-7-6-8-14-25)31(43)28-29-32(44)40(21-11-12-22-42)30(35(29)18-17-34(28,3)46-35)33(45)39(20-5-2)24-41-27-16-10-9-15-26(27)36-37-41/h4-10,13-16,28-30,42H,1-2,11-12,17-24H2,3H3/t28-,29+,30?,34+,35?/m1/s1. The van der Waals surface area contributed by atoms with Gasteiger partial charge in [-0.1, -0.05) is 59.8 Å². The number of rotatable bonds is 14. The third kappa shape index (κ3) is 5.43. The summed E-state index contributed by atoms with van der Waals surface area (Å²) in [6.07, 6.45) is 5.87. The van der Waals surface area contributed by atoms with Gasteiger partial charge in [-0.05, 0) is 50.3 Å². The number of thioether (sulfide) groups is 1. The zero-order valence-electron chi connectivity index (χ0n) is 26.3. The second-order valence-electron chi connectivity index (χ2n) is 12.8. The highest BCUT2D eigenvalue weighted by molar-refractivity contribution is 8.02. The van der Waals surface area contributed by atoms with E-state index in [2.05, 4.69) is 30.4 Å². The number of aromatic nitrogens is 3. The minimum atomic E-state index is -0.759. The number of hydrogen-bond donors (Lipinski definition) is 1. The van der Waals surface area contributed by atoms with Gasteiger partial charge in [0, 0.05) is 37.5 Å². The van der Waals surface area contributed by atoms with Crippen LogP contribution in [0.25, 0.3) is 11.0 Å². The van der Waals surface area contributed by atoms with E-state index in [-0.39, 0.29) is 37.5 Å². The summed E-state index contributed by atoms with van der Waals surface area (Å²) in [6.45, 7) is 11.4. The average Bonchev–Trinajstić information content (AvgIpc) is 3.76. The summed E-state index contributed by atoms with van der Waals surface area (Å²) >= 11 is 1.67. The summed E-state index contributed by atoms with van der Waals surface area (Å²) in [4.78, 5) is 49.2. The Hall–Kier alpha value is -3.96. The first-order chi connectivity index (χ1) is 22.3. The molecule has 2 aromatic carbocycles. The first-order valence-corrected chi connectivity index (χ1v) is 16.8. The van der Waals surface area contributed by atoms with Gasteiger partial charge < -0.3 is 19.8 Å². The predicted molar refractivity (Wildman–Crippen MR) is 178 cm³/mol. The Labute approximate surface area is 274 Å². The van der Waals surface area contributed by atoms with Gasteiger partial charge >= 0.3 is 0 Å².